The predicted molar refractivity (Wildman–Crippen MR) is 72.3 cm³/mol. The molecule has 0 unspecified atom stereocenters. The van der Waals surface area contributed by atoms with Crippen molar-refractivity contribution in [3.8, 4) is 0 Å². The summed E-state index contributed by atoms with van der Waals surface area (Å²) in [6.07, 6.45) is 2.23. The van der Waals surface area contributed by atoms with Gasteiger partial charge in [-0.15, -0.1) is 0 Å². The first-order valence-corrected chi connectivity index (χ1v) is 6.00. The first-order chi connectivity index (χ1) is 8.63. The van der Waals surface area contributed by atoms with Crippen LogP contribution < -0.4 is 0 Å². The summed E-state index contributed by atoms with van der Waals surface area (Å²) in [6.45, 7) is 1.70. The van der Waals surface area contributed by atoms with Crippen molar-refractivity contribution < 1.29 is 14.6 Å². The van der Waals surface area contributed by atoms with Crippen LogP contribution >= 0.6 is 0 Å². The van der Waals surface area contributed by atoms with Crippen LogP contribution in [-0.4, -0.2) is 25.0 Å². The minimum atomic E-state index is -0.789. The predicted octanol–water partition coefficient (Wildman–Crippen LogP) is 2.10. The number of hydrogen-bond acceptors (Lipinski definition) is 3. The summed E-state index contributed by atoms with van der Waals surface area (Å²) in [6, 6.07) is 9.91. The van der Waals surface area contributed by atoms with Gasteiger partial charge in [0.25, 0.3) is 0 Å². The van der Waals surface area contributed by atoms with Crippen LogP contribution in [0.3, 0.4) is 0 Å². The SMILES string of the molecule is C[C@@H](C[C@@H](BOC=N)Cc1ccccc1)C(=O)O. The summed E-state index contributed by atoms with van der Waals surface area (Å²) in [5, 5.41) is 15.8. The second kappa shape index (κ2) is 7.53. The van der Waals surface area contributed by atoms with E-state index in [1.54, 1.807) is 6.92 Å². The summed E-state index contributed by atoms with van der Waals surface area (Å²) in [5.74, 6) is -1.07. The molecule has 0 radical (unpaired) electrons. The first kappa shape index (κ1) is 14.3. The van der Waals surface area contributed by atoms with E-state index in [1.807, 2.05) is 30.3 Å². The van der Waals surface area contributed by atoms with Crippen molar-refractivity contribution in [3.63, 3.8) is 0 Å². The molecule has 0 aliphatic rings. The average molecular weight is 247 g/mol. The molecule has 0 bridgehead atoms. The quantitative estimate of drug-likeness (QED) is 0.420. The van der Waals surface area contributed by atoms with Gasteiger partial charge in [0.15, 0.2) is 0 Å². The summed E-state index contributed by atoms with van der Waals surface area (Å²) < 4.78 is 5.00. The Morgan fingerprint density at radius 1 is 1.50 bits per heavy atom. The summed E-state index contributed by atoms with van der Waals surface area (Å²) in [4.78, 5) is 10.9. The van der Waals surface area contributed by atoms with Gasteiger partial charge < -0.3 is 9.76 Å². The van der Waals surface area contributed by atoms with Crippen LogP contribution in [0.1, 0.15) is 18.9 Å². The van der Waals surface area contributed by atoms with Gasteiger partial charge >= 0.3 is 13.5 Å². The molecule has 1 aromatic carbocycles. The van der Waals surface area contributed by atoms with E-state index in [0.29, 0.717) is 13.9 Å². The monoisotopic (exact) mass is 247 g/mol. The molecule has 18 heavy (non-hydrogen) atoms. The van der Waals surface area contributed by atoms with Crippen molar-refractivity contribution in [2.24, 2.45) is 5.92 Å². The molecule has 0 fully saturated rings. The highest BCUT2D eigenvalue weighted by molar-refractivity contribution is 6.31. The van der Waals surface area contributed by atoms with Crippen LogP contribution in [0.5, 0.6) is 0 Å². The van der Waals surface area contributed by atoms with E-state index in [1.165, 1.54) is 0 Å². The van der Waals surface area contributed by atoms with Crippen LogP contribution in [0.4, 0.5) is 0 Å². The summed E-state index contributed by atoms with van der Waals surface area (Å²) >= 11 is 0. The maximum absolute atomic E-state index is 10.9. The molecule has 0 aliphatic carbocycles. The van der Waals surface area contributed by atoms with E-state index in [0.717, 1.165) is 18.4 Å². The van der Waals surface area contributed by atoms with E-state index in [-0.39, 0.29) is 5.82 Å². The number of rotatable bonds is 8. The topological polar surface area (TPSA) is 70.4 Å². The van der Waals surface area contributed by atoms with Crippen molar-refractivity contribution in [2.75, 3.05) is 0 Å². The highest BCUT2D eigenvalue weighted by Gasteiger charge is 2.20. The minimum Gasteiger partial charge on any atom is -0.557 e. The number of nitrogens with one attached hydrogen (secondary N) is 1. The molecule has 1 aromatic rings. The highest BCUT2D eigenvalue weighted by atomic mass is 16.4. The Bertz CT molecular complexity index is 383. The molecule has 2 N–H and O–H groups in total. The molecule has 96 valence electrons. The van der Waals surface area contributed by atoms with Gasteiger partial charge in [-0.2, -0.15) is 0 Å². The number of benzene rings is 1. The van der Waals surface area contributed by atoms with Gasteiger partial charge in [-0.1, -0.05) is 37.3 Å². The van der Waals surface area contributed by atoms with Crippen LogP contribution in [0.2, 0.25) is 5.82 Å². The summed E-state index contributed by atoms with van der Waals surface area (Å²) in [5.41, 5.74) is 1.16. The number of carbonyl (C=O) groups is 1. The third-order valence-electron chi connectivity index (χ3n) is 2.89. The van der Waals surface area contributed by atoms with E-state index < -0.39 is 11.9 Å². The van der Waals surface area contributed by atoms with E-state index in [2.05, 4.69) is 0 Å². The van der Waals surface area contributed by atoms with Crippen molar-refractivity contribution in [1.82, 2.24) is 0 Å². The van der Waals surface area contributed by atoms with Gasteiger partial charge in [0.1, 0.15) is 6.40 Å². The standard InChI is InChI=1S/C13H18BNO3/c1-10(13(16)17)7-12(14-18-9-15)8-11-5-3-2-4-6-11/h2-6,9-10,12,14-15H,7-8H2,1H3,(H,16,17)/t10-,12+/m0/s1. The zero-order valence-electron chi connectivity index (χ0n) is 10.5. The van der Waals surface area contributed by atoms with Gasteiger partial charge in [0.05, 0.1) is 5.92 Å². The normalized spacial score (nSPS) is 13.4. The first-order valence-electron chi connectivity index (χ1n) is 6.00. The maximum atomic E-state index is 10.9. The number of aliphatic carboxylic acids is 1. The summed E-state index contributed by atoms with van der Waals surface area (Å²) in [7, 11) is 0.385. The molecule has 0 saturated heterocycles. The zero-order valence-corrected chi connectivity index (χ0v) is 10.5. The van der Waals surface area contributed by atoms with Crippen LogP contribution in [-0.2, 0) is 15.9 Å². The third-order valence-corrected chi connectivity index (χ3v) is 2.89. The Labute approximate surface area is 108 Å². The molecule has 5 heteroatoms. The van der Waals surface area contributed by atoms with Crippen LogP contribution in [0.25, 0.3) is 0 Å². The van der Waals surface area contributed by atoms with E-state index in [9.17, 15) is 4.79 Å². The van der Waals surface area contributed by atoms with Gasteiger partial charge in [-0.3, -0.25) is 10.2 Å². The lowest BCUT2D eigenvalue weighted by Crippen LogP contribution is -2.18. The van der Waals surface area contributed by atoms with E-state index >= 15 is 0 Å². The number of carboxylic acid groups (broad SMARTS) is 1. The number of carboxylic acids is 1. The van der Waals surface area contributed by atoms with Gasteiger partial charge in [0.2, 0.25) is 0 Å². The Morgan fingerprint density at radius 3 is 2.72 bits per heavy atom. The molecule has 4 nitrogen and oxygen atoms in total. The average Bonchev–Trinajstić information content (AvgIpc) is 2.37. The van der Waals surface area contributed by atoms with Crippen molar-refractivity contribution in [1.29, 1.82) is 5.41 Å². The smallest absolute Gasteiger partial charge is 0.344 e. The van der Waals surface area contributed by atoms with Gasteiger partial charge in [0, 0.05) is 0 Å². The molecule has 0 spiro atoms. The van der Waals surface area contributed by atoms with Crippen molar-refractivity contribution in [2.45, 2.75) is 25.6 Å². The molecule has 2 atom stereocenters. The van der Waals surface area contributed by atoms with Crippen LogP contribution in [0, 0.1) is 11.3 Å². The van der Waals surface area contributed by atoms with Crippen molar-refractivity contribution >= 4 is 19.9 Å². The molecule has 0 saturated carbocycles. The van der Waals surface area contributed by atoms with Crippen molar-refractivity contribution in [3.05, 3.63) is 35.9 Å². The Kier molecular flexibility index (Phi) is 5.98. The fraction of sp³-hybridized carbons (Fsp3) is 0.385. The highest BCUT2D eigenvalue weighted by Crippen LogP contribution is 2.22. The third kappa shape index (κ3) is 5.04. The fourth-order valence-electron chi connectivity index (χ4n) is 1.94. The largest absolute Gasteiger partial charge is 0.557 e. The lowest BCUT2D eigenvalue weighted by Gasteiger charge is -2.17. The Balaban J connectivity index is 2.60. The molecule has 0 amide bonds. The molecule has 1 rings (SSSR count). The second-order valence-corrected chi connectivity index (χ2v) is 4.48. The molecule has 0 aliphatic heterocycles. The second-order valence-electron chi connectivity index (χ2n) is 4.48. The maximum Gasteiger partial charge on any atom is 0.344 e. The number of hydrogen-bond donors (Lipinski definition) is 2. The molecular weight excluding hydrogens is 229 g/mol. The minimum absolute atomic E-state index is 0.111. The Morgan fingerprint density at radius 2 is 2.17 bits per heavy atom. The molecule has 0 aromatic heterocycles. The fourth-order valence-corrected chi connectivity index (χ4v) is 1.94. The lowest BCUT2D eigenvalue weighted by molar-refractivity contribution is -0.141. The van der Waals surface area contributed by atoms with Gasteiger partial charge in [-0.05, 0) is 24.2 Å². The zero-order chi connectivity index (χ0) is 13.4. The van der Waals surface area contributed by atoms with Crippen LogP contribution in [0.15, 0.2) is 30.3 Å². The Hall–Kier alpha value is -1.78. The lowest BCUT2D eigenvalue weighted by atomic mass is 9.71. The molecular formula is C13H18BNO3. The van der Waals surface area contributed by atoms with E-state index in [4.69, 9.17) is 15.2 Å². The van der Waals surface area contributed by atoms with Gasteiger partial charge in [-0.25, -0.2) is 0 Å². The molecule has 0 heterocycles.